The van der Waals surface area contributed by atoms with Crippen LogP contribution in [0.25, 0.3) is 0 Å². The van der Waals surface area contributed by atoms with Gasteiger partial charge in [-0.1, -0.05) is 23.2 Å². The Morgan fingerprint density at radius 2 is 2.50 bits per heavy atom. The molecule has 1 amide bonds. The molecule has 0 aromatic carbocycles. The summed E-state index contributed by atoms with van der Waals surface area (Å²) in [5.41, 5.74) is 0. The van der Waals surface area contributed by atoms with Crippen molar-refractivity contribution in [1.82, 2.24) is 4.98 Å². The molecule has 2 rings (SSSR count). The highest BCUT2D eigenvalue weighted by Crippen LogP contribution is 2.17. The fourth-order valence-electron chi connectivity index (χ4n) is 1.16. The summed E-state index contributed by atoms with van der Waals surface area (Å²) in [6, 6.07) is 3.22. The van der Waals surface area contributed by atoms with Gasteiger partial charge in [-0.05, 0) is 12.1 Å². The molecule has 5 nitrogen and oxygen atoms in total. The molecule has 0 bridgehead atoms. The molecule has 2 N–H and O–H groups in total. The van der Waals surface area contributed by atoms with Crippen LogP contribution in [0.5, 0.6) is 0 Å². The van der Waals surface area contributed by atoms with Crippen molar-refractivity contribution in [3.63, 3.8) is 0 Å². The Kier molecular flexibility index (Phi) is 4.12. The maximum atomic E-state index is 11.6. The summed E-state index contributed by atoms with van der Waals surface area (Å²) in [6.45, 7) is 0.0356. The minimum Gasteiger partial charge on any atom is -0.459 e. The van der Waals surface area contributed by atoms with Gasteiger partial charge >= 0.3 is 0 Å². The molecule has 2 heterocycles. The standard InChI is InChI=1S/C12H10N2O3S/c15-6-2-1-4-9-8-13-12(18-9)14-11(16)10-5-3-7-17-10/h3,5,7-8,15H,2,6H2,(H,13,14,16). The number of aliphatic hydroxyl groups excluding tert-OH is 1. The maximum Gasteiger partial charge on any atom is 0.293 e. The second-order valence-electron chi connectivity index (χ2n) is 3.24. The van der Waals surface area contributed by atoms with Gasteiger partial charge in [0.05, 0.1) is 23.9 Å². The first-order chi connectivity index (χ1) is 8.79. The van der Waals surface area contributed by atoms with Crippen molar-refractivity contribution in [2.75, 3.05) is 11.9 Å². The molecular formula is C12H10N2O3S. The first-order valence-corrected chi connectivity index (χ1v) is 6.01. The highest BCUT2D eigenvalue weighted by atomic mass is 32.1. The van der Waals surface area contributed by atoms with Crippen LogP contribution >= 0.6 is 11.3 Å². The molecule has 6 heteroatoms. The van der Waals surface area contributed by atoms with Crippen LogP contribution in [0, 0.1) is 11.8 Å². The number of carbonyl (C=O) groups excluding carboxylic acids is 1. The van der Waals surface area contributed by atoms with E-state index in [9.17, 15) is 4.79 Å². The zero-order valence-electron chi connectivity index (χ0n) is 9.34. The lowest BCUT2D eigenvalue weighted by Gasteiger charge is -1.96. The average molecular weight is 262 g/mol. The van der Waals surface area contributed by atoms with Crippen LogP contribution in [0.2, 0.25) is 0 Å². The summed E-state index contributed by atoms with van der Waals surface area (Å²) in [6.07, 6.45) is 3.43. The van der Waals surface area contributed by atoms with Crippen LogP contribution in [-0.4, -0.2) is 22.6 Å². The van der Waals surface area contributed by atoms with Crippen LogP contribution in [-0.2, 0) is 0 Å². The Bertz CT molecular complexity index is 578. The molecular weight excluding hydrogens is 252 g/mol. The minimum atomic E-state index is -0.343. The summed E-state index contributed by atoms with van der Waals surface area (Å²) in [5, 5.41) is 11.7. The Labute approximate surface area is 107 Å². The highest BCUT2D eigenvalue weighted by molar-refractivity contribution is 7.16. The van der Waals surface area contributed by atoms with Gasteiger partial charge in [-0.3, -0.25) is 10.1 Å². The molecule has 0 atom stereocenters. The predicted octanol–water partition coefficient (Wildman–Crippen LogP) is 1.72. The number of hydrogen-bond donors (Lipinski definition) is 2. The predicted molar refractivity (Wildman–Crippen MR) is 67.4 cm³/mol. The van der Waals surface area contributed by atoms with Crippen molar-refractivity contribution in [3.8, 4) is 11.8 Å². The molecule has 18 heavy (non-hydrogen) atoms. The molecule has 0 saturated carbocycles. The zero-order valence-corrected chi connectivity index (χ0v) is 10.2. The Morgan fingerprint density at radius 1 is 1.61 bits per heavy atom. The van der Waals surface area contributed by atoms with Crippen LogP contribution in [0.4, 0.5) is 5.13 Å². The van der Waals surface area contributed by atoms with Crippen LogP contribution in [0.1, 0.15) is 21.9 Å². The number of furan rings is 1. The molecule has 0 aliphatic rings. The maximum absolute atomic E-state index is 11.6. The molecule has 0 aliphatic carbocycles. The number of thiazole rings is 1. The Hall–Kier alpha value is -2.10. The third-order valence-corrected chi connectivity index (χ3v) is 2.75. The smallest absolute Gasteiger partial charge is 0.293 e. The van der Waals surface area contributed by atoms with Gasteiger partial charge in [0.25, 0.3) is 5.91 Å². The van der Waals surface area contributed by atoms with Gasteiger partial charge in [0.1, 0.15) is 0 Å². The molecule has 0 aliphatic heterocycles. The van der Waals surface area contributed by atoms with Crippen molar-refractivity contribution >= 4 is 22.4 Å². The van der Waals surface area contributed by atoms with E-state index in [4.69, 9.17) is 9.52 Å². The number of carbonyl (C=O) groups is 1. The number of aromatic nitrogens is 1. The van der Waals surface area contributed by atoms with E-state index >= 15 is 0 Å². The molecule has 2 aromatic heterocycles. The highest BCUT2D eigenvalue weighted by Gasteiger charge is 2.10. The molecule has 2 aromatic rings. The summed E-state index contributed by atoms with van der Waals surface area (Å²) >= 11 is 1.27. The number of nitrogens with one attached hydrogen (secondary N) is 1. The van der Waals surface area contributed by atoms with Gasteiger partial charge in [0.15, 0.2) is 10.9 Å². The molecule has 92 valence electrons. The summed E-state index contributed by atoms with van der Waals surface area (Å²) in [7, 11) is 0. The normalized spacial score (nSPS) is 9.61. The van der Waals surface area contributed by atoms with E-state index in [1.165, 1.54) is 17.6 Å². The lowest BCUT2D eigenvalue weighted by atomic mass is 10.4. The molecule has 0 radical (unpaired) electrons. The monoisotopic (exact) mass is 262 g/mol. The Morgan fingerprint density at radius 3 is 3.22 bits per heavy atom. The van der Waals surface area contributed by atoms with E-state index in [2.05, 4.69) is 22.1 Å². The Balaban J connectivity index is 1.99. The van der Waals surface area contributed by atoms with Crippen LogP contribution in [0.3, 0.4) is 0 Å². The number of amides is 1. The fraction of sp³-hybridized carbons (Fsp3) is 0.167. The number of nitrogens with zero attached hydrogens (tertiary/aromatic N) is 1. The number of aliphatic hydroxyl groups is 1. The minimum absolute atomic E-state index is 0.0356. The van der Waals surface area contributed by atoms with Crippen LogP contribution < -0.4 is 5.32 Å². The first kappa shape index (κ1) is 12.4. The van der Waals surface area contributed by atoms with Gasteiger partial charge < -0.3 is 9.52 Å². The molecule has 0 spiro atoms. The van der Waals surface area contributed by atoms with Gasteiger partial charge in [-0.25, -0.2) is 4.98 Å². The largest absolute Gasteiger partial charge is 0.459 e. The quantitative estimate of drug-likeness (QED) is 0.826. The molecule has 0 fully saturated rings. The second-order valence-corrected chi connectivity index (χ2v) is 4.27. The van der Waals surface area contributed by atoms with Crippen molar-refractivity contribution < 1.29 is 14.3 Å². The molecule has 0 unspecified atom stereocenters. The van der Waals surface area contributed by atoms with Gasteiger partial charge in [0.2, 0.25) is 0 Å². The third kappa shape index (κ3) is 3.20. The lowest BCUT2D eigenvalue weighted by molar-refractivity contribution is 0.0996. The van der Waals surface area contributed by atoms with Crippen LogP contribution in [0.15, 0.2) is 29.0 Å². The fourth-order valence-corrected chi connectivity index (χ4v) is 1.85. The van der Waals surface area contributed by atoms with Crippen molar-refractivity contribution in [2.24, 2.45) is 0 Å². The number of anilines is 1. The van der Waals surface area contributed by atoms with Crippen molar-refractivity contribution in [2.45, 2.75) is 6.42 Å². The van der Waals surface area contributed by atoms with Crippen molar-refractivity contribution in [1.29, 1.82) is 0 Å². The van der Waals surface area contributed by atoms with E-state index < -0.39 is 0 Å². The second kappa shape index (κ2) is 6.00. The average Bonchev–Trinajstić information content (AvgIpc) is 3.00. The summed E-state index contributed by atoms with van der Waals surface area (Å²) in [4.78, 5) is 16.4. The summed E-state index contributed by atoms with van der Waals surface area (Å²) in [5.74, 6) is 5.52. The van der Waals surface area contributed by atoms with E-state index in [-0.39, 0.29) is 18.3 Å². The van der Waals surface area contributed by atoms with E-state index in [0.717, 1.165) is 4.88 Å². The lowest BCUT2D eigenvalue weighted by Crippen LogP contribution is -2.10. The summed E-state index contributed by atoms with van der Waals surface area (Å²) < 4.78 is 4.96. The topological polar surface area (TPSA) is 75.4 Å². The molecule has 0 saturated heterocycles. The van der Waals surface area contributed by atoms with Gasteiger partial charge in [-0.15, -0.1) is 0 Å². The zero-order chi connectivity index (χ0) is 12.8. The van der Waals surface area contributed by atoms with E-state index in [1.54, 1.807) is 18.3 Å². The van der Waals surface area contributed by atoms with Gasteiger partial charge in [0, 0.05) is 6.42 Å². The number of hydrogen-bond acceptors (Lipinski definition) is 5. The number of rotatable bonds is 3. The SMILES string of the molecule is O=C(Nc1ncc(C#CCCO)s1)c1ccco1. The van der Waals surface area contributed by atoms with E-state index in [0.29, 0.717) is 11.6 Å². The van der Waals surface area contributed by atoms with Crippen molar-refractivity contribution in [3.05, 3.63) is 35.2 Å². The van der Waals surface area contributed by atoms with Gasteiger partial charge in [-0.2, -0.15) is 0 Å². The third-order valence-electron chi connectivity index (χ3n) is 1.92. The van der Waals surface area contributed by atoms with E-state index in [1.807, 2.05) is 0 Å². The first-order valence-electron chi connectivity index (χ1n) is 5.20.